The number of hydrogen-bond acceptors (Lipinski definition) is 3. The molecule has 0 saturated heterocycles. The summed E-state index contributed by atoms with van der Waals surface area (Å²) in [6.07, 6.45) is 0.837. The molecule has 2 aromatic carbocycles. The fourth-order valence-corrected chi connectivity index (χ4v) is 3.50. The van der Waals surface area contributed by atoms with Crippen LogP contribution in [0.25, 0.3) is 0 Å². The van der Waals surface area contributed by atoms with Crippen LogP contribution >= 0.6 is 12.2 Å². The van der Waals surface area contributed by atoms with Crippen LogP contribution in [0.5, 0.6) is 11.5 Å². The van der Waals surface area contributed by atoms with Gasteiger partial charge in [-0.05, 0) is 63.7 Å². The van der Waals surface area contributed by atoms with Gasteiger partial charge in [0.15, 0.2) is 5.11 Å². The van der Waals surface area contributed by atoms with Crippen LogP contribution in [0.3, 0.4) is 0 Å². The number of benzene rings is 2. The molecule has 5 heteroatoms. The first-order valence-corrected chi connectivity index (χ1v) is 9.37. The molecule has 0 bridgehead atoms. The van der Waals surface area contributed by atoms with Crippen molar-refractivity contribution < 1.29 is 9.47 Å². The van der Waals surface area contributed by atoms with E-state index in [4.69, 9.17) is 21.7 Å². The molecule has 0 fully saturated rings. The molecular weight excluding hydrogens is 344 g/mol. The van der Waals surface area contributed by atoms with Crippen LogP contribution in [0.2, 0.25) is 0 Å². The standard InChI is InChI=1S/C21H26N2O2S/c1-5-24-16-8-6-7-15(12-16)22-20(26)23-18-13-21(3,4)25-19-11-14(2)9-10-17(18)19/h6-12,18H,5,13H2,1-4H3,(H2,22,23,26)/t18-/m1/s1. The zero-order valence-electron chi connectivity index (χ0n) is 15.8. The minimum Gasteiger partial charge on any atom is -0.494 e. The number of nitrogens with one attached hydrogen (secondary N) is 2. The molecule has 0 spiro atoms. The highest BCUT2D eigenvalue weighted by Crippen LogP contribution is 2.39. The van der Waals surface area contributed by atoms with Crippen molar-refractivity contribution in [3.8, 4) is 11.5 Å². The highest BCUT2D eigenvalue weighted by atomic mass is 32.1. The van der Waals surface area contributed by atoms with Crippen molar-refractivity contribution in [3.05, 3.63) is 53.6 Å². The third-order valence-electron chi connectivity index (χ3n) is 4.33. The average Bonchev–Trinajstić information content (AvgIpc) is 2.53. The molecule has 2 aromatic rings. The molecule has 0 aliphatic carbocycles. The molecule has 26 heavy (non-hydrogen) atoms. The number of anilines is 1. The van der Waals surface area contributed by atoms with Crippen LogP contribution in [-0.2, 0) is 0 Å². The first-order chi connectivity index (χ1) is 12.4. The van der Waals surface area contributed by atoms with Gasteiger partial charge in [-0.1, -0.05) is 18.2 Å². The Kier molecular flexibility index (Phi) is 5.37. The maximum atomic E-state index is 6.15. The lowest BCUT2D eigenvalue weighted by molar-refractivity contribution is 0.0696. The van der Waals surface area contributed by atoms with Gasteiger partial charge in [0.05, 0.1) is 12.6 Å². The Bertz CT molecular complexity index is 804. The molecule has 4 nitrogen and oxygen atoms in total. The second-order valence-corrected chi connectivity index (χ2v) is 7.63. The van der Waals surface area contributed by atoms with Crippen LogP contribution in [-0.4, -0.2) is 17.3 Å². The van der Waals surface area contributed by atoms with Gasteiger partial charge in [0.1, 0.15) is 17.1 Å². The summed E-state index contributed by atoms with van der Waals surface area (Å²) in [5.74, 6) is 1.76. The number of thiocarbonyl (C=S) groups is 1. The summed E-state index contributed by atoms with van der Waals surface area (Å²) >= 11 is 5.55. The average molecular weight is 371 g/mol. The molecule has 0 aromatic heterocycles. The molecule has 1 aliphatic rings. The van der Waals surface area contributed by atoms with E-state index in [2.05, 4.69) is 49.6 Å². The summed E-state index contributed by atoms with van der Waals surface area (Å²) in [5, 5.41) is 7.30. The molecule has 1 atom stereocenters. The van der Waals surface area contributed by atoms with E-state index in [1.807, 2.05) is 31.2 Å². The Balaban J connectivity index is 1.74. The Morgan fingerprint density at radius 3 is 2.85 bits per heavy atom. The van der Waals surface area contributed by atoms with E-state index in [1.165, 1.54) is 5.56 Å². The van der Waals surface area contributed by atoms with E-state index in [0.29, 0.717) is 11.7 Å². The van der Waals surface area contributed by atoms with E-state index in [1.54, 1.807) is 0 Å². The second kappa shape index (κ2) is 7.54. The maximum Gasteiger partial charge on any atom is 0.171 e. The van der Waals surface area contributed by atoms with Crippen molar-refractivity contribution >= 4 is 23.0 Å². The van der Waals surface area contributed by atoms with Crippen LogP contribution in [0.4, 0.5) is 5.69 Å². The van der Waals surface area contributed by atoms with Gasteiger partial charge in [-0.25, -0.2) is 0 Å². The highest BCUT2D eigenvalue weighted by Gasteiger charge is 2.34. The van der Waals surface area contributed by atoms with E-state index in [0.717, 1.165) is 29.2 Å². The van der Waals surface area contributed by atoms with Crippen LogP contribution in [0, 0.1) is 6.92 Å². The Hall–Kier alpha value is -2.27. The maximum absolute atomic E-state index is 6.15. The molecule has 1 heterocycles. The van der Waals surface area contributed by atoms with Gasteiger partial charge in [-0.2, -0.15) is 0 Å². The second-order valence-electron chi connectivity index (χ2n) is 7.22. The van der Waals surface area contributed by atoms with Gasteiger partial charge < -0.3 is 20.1 Å². The predicted octanol–water partition coefficient (Wildman–Crippen LogP) is 4.98. The molecule has 0 radical (unpaired) electrons. The van der Waals surface area contributed by atoms with Gasteiger partial charge in [0, 0.05) is 23.7 Å². The van der Waals surface area contributed by atoms with Crippen LogP contribution in [0.1, 0.15) is 44.4 Å². The smallest absolute Gasteiger partial charge is 0.171 e. The van der Waals surface area contributed by atoms with Gasteiger partial charge in [-0.15, -0.1) is 0 Å². The summed E-state index contributed by atoms with van der Waals surface area (Å²) in [4.78, 5) is 0. The molecule has 1 aliphatic heterocycles. The highest BCUT2D eigenvalue weighted by molar-refractivity contribution is 7.80. The Labute approximate surface area is 160 Å². The predicted molar refractivity (Wildman–Crippen MR) is 110 cm³/mol. The lowest BCUT2D eigenvalue weighted by Crippen LogP contribution is -2.42. The Morgan fingerprint density at radius 2 is 2.08 bits per heavy atom. The van der Waals surface area contributed by atoms with E-state index >= 15 is 0 Å². The van der Waals surface area contributed by atoms with E-state index in [9.17, 15) is 0 Å². The number of hydrogen-bond donors (Lipinski definition) is 2. The zero-order valence-corrected chi connectivity index (χ0v) is 16.6. The summed E-state index contributed by atoms with van der Waals surface area (Å²) in [7, 11) is 0. The van der Waals surface area contributed by atoms with Crippen molar-refractivity contribution in [2.24, 2.45) is 0 Å². The Morgan fingerprint density at radius 1 is 1.27 bits per heavy atom. The minimum atomic E-state index is -0.247. The van der Waals surface area contributed by atoms with Crippen molar-refractivity contribution in [1.29, 1.82) is 0 Å². The summed E-state index contributed by atoms with van der Waals surface area (Å²) in [6, 6.07) is 14.2. The third kappa shape index (κ3) is 4.47. The van der Waals surface area contributed by atoms with Crippen LogP contribution in [0.15, 0.2) is 42.5 Å². The van der Waals surface area contributed by atoms with Crippen molar-refractivity contribution in [2.75, 3.05) is 11.9 Å². The van der Waals surface area contributed by atoms with E-state index in [-0.39, 0.29) is 11.6 Å². The van der Waals surface area contributed by atoms with Crippen molar-refractivity contribution in [1.82, 2.24) is 5.32 Å². The van der Waals surface area contributed by atoms with Crippen molar-refractivity contribution in [3.63, 3.8) is 0 Å². The lowest BCUT2D eigenvalue weighted by Gasteiger charge is -2.38. The first kappa shape index (κ1) is 18.5. The fraction of sp³-hybridized carbons (Fsp3) is 0.381. The monoisotopic (exact) mass is 370 g/mol. The zero-order chi connectivity index (χ0) is 18.7. The number of fused-ring (bicyclic) bond motifs is 1. The van der Waals surface area contributed by atoms with Gasteiger partial charge in [0.2, 0.25) is 0 Å². The lowest BCUT2D eigenvalue weighted by atomic mass is 9.89. The molecule has 0 unspecified atom stereocenters. The topological polar surface area (TPSA) is 42.5 Å². The quantitative estimate of drug-likeness (QED) is 0.743. The van der Waals surface area contributed by atoms with Gasteiger partial charge in [-0.3, -0.25) is 0 Å². The van der Waals surface area contributed by atoms with Gasteiger partial charge >= 0.3 is 0 Å². The van der Waals surface area contributed by atoms with Crippen LogP contribution < -0.4 is 20.1 Å². The van der Waals surface area contributed by atoms with E-state index < -0.39 is 0 Å². The van der Waals surface area contributed by atoms with Gasteiger partial charge in [0.25, 0.3) is 0 Å². The summed E-state index contributed by atoms with van der Waals surface area (Å²) in [5.41, 5.74) is 2.99. The fourth-order valence-electron chi connectivity index (χ4n) is 3.24. The molecule has 138 valence electrons. The normalized spacial score (nSPS) is 17.6. The molecule has 0 saturated carbocycles. The summed E-state index contributed by atoms with van der Waals surface area (Å²) in [6.45, 7) is 8.90. The largest absolute Gasteiger partial charge is 0.494 e. The number of rotatable bonds is 4. The number of ether oxygens (including phenoxy) is 2. The molecule has 3 rings (SSSR count). The molecular formula is C21H26N2O2S. The molecule has 2 N–H and O–H groups in total. The summed E-state index contributed by atoms with van der Waals surface area (Å²) < 4.78 is 11.7. The first-order valence-electron chi connectivity index (χ1n) is 8.96. The molecule has 0 amide bonds. The minimum absolute atomic E-state index is 0.101. The van der Waals surface area contributed by atoms with Crippen molar-refractivity contribution in [2.45, 2.75) is 45.8 Å². The SMILES string of the molecule is CCOc1cccc(NC(=S)N[C@@H]2CC(C)(C)Oc3cc(C)ccc32)c1. The number of aryl methyl sites for hydroxylation is 1. The third-order valence-corrected chi connectivity index (χ3v) is 4.55.